The number of Topliss-reactive ketones (excluding diaryl/α,β-unsaturated/α-hetero) is 1. The Morgan fingerprint density at radius 1 is 0.833 bits per heavy atom. The standard InChI is InChI=1S/C38H61NO3/c1-24(2)31-27(40)22-35(5)20-21-36(6)26(32(31)35)14-15-29-37(36,7)19-16-28-34(3,4)18-17-30(38(28,29)8)39-33(41)42-23-25-12-10-9-11-13-25/h24-26,28-30H,9-23H2,1-8H3,(H,39,41)/t26-,28+,29+,30?,35+,36-,37-,38+/m1/s1. The molecule has 5 fully saturated rings. The molecule has 1 amide bonds. The van der Waals surface area contributed by atoms with Gasteiger partial charge in [-0.1, -0.05) is 80.2 Å². The SMILES string of the molecule is CC(C)C1=C2[C@H]3CC[C@@H]4[C@@]5(C)C(NC(=O)OCC6CCCCC6)CCC(C)(C)[C@@H]5CC[C@@]4(C)[C@]3(C)CC[C@@]2(C)CC1=O. The molecular formula is C38H61NO3. The molecule has 5 saturated carbocycles. The smallest absolute Gasteiger partial charge is 0.407 e. The second kappa shape index (κ2) is 10.4. The lowest BCUT2D eigenvalue weighted by molar-refractivity contribution is -0.219. The zero-order valence-electron chi connectivity index (χ0n) is 28.3. The maximum Gasteiger partial charge on any atom is 0.407 e. The fourth-order valence-corrected chi connectivity index (χ4v) is 12.8. The first-order valence-electron chi connectivity index (χ1n) is 17.9. The van der Waals surface area contributed by atoms with Crippen molar-refractivity contribution >= 4 is 11.9 Å². The Balaban J connectivity index is 1.32. The topological polar surface area (TPSA) is 55.4 Å². The molecule has 0 heterocycles. The summed E-state index contributed by atoms with van der Waals surface area (Å²) in [6.45, 7) is 20.3. The number of allylic oxidation sites excluding steroid dienone is 2. The van der Waals surface area contributed by atoms with E-state index in [9.17, 15) is 9.59 Å². The molecule has 236 valence electrons. The molecule has 1 N–H and O–H groups in total. The number of hydrogen-bond acceptors (Lipinski definition) is 3. The minimum Gasteiger partial charge on any atom is -0.449 e. The number of hydrogen-bond donors (Lipinski definition) is 1. The van der Waals surface area contributed by atoms with Crippen molar-refractivity contribution in [3.05, 3.63) is 11.1 Å². The molecule has 6 rings (SSSR count). The van der Waals surface area contributed by atoms with Crippen LogP contribution in [0.15, 0.2) is 11.1 Å². The third kappa shape index (κ3) is 4.40. The van der Waals surface area contributed by atoms with E-state index < -0.39 is 0 Å². The molecule has 0 bridgehead atoms. The zero-order valence-corrected chi connectivity index (χ0v) is 28.3. The monoisotopic (exact) mass is 579 g/mol. The molecule has 8 atom stereocenters. The van der Waals surface area contributed by atoms with E-state index in [0.717, 1.165) is 25.7 Å². The summed E-state index contributed by atoms with van der Waals surface area (Å²) in [7, 11) is 0. The summed E-state index contributed by atoms with van der Waals surface area (Å²) in [5.74, 6) is 2.93. The van der Waals surface area contributed by atoms with Crippen molar-refractivity contribution in [2.45, 2.75) is 151 Å². The highest BCUT2D eigenvalue weighted by molar-refractivity contribution is 6.00. The van der Waals surface area contributed by atoms with Gasteiger partial charge in [0.2, 0.25) is 0 Å². The lowest BCUT2D eigenvalue weighted by Gasteiger charge is -2.72. The summed E-state index contributed by atoms with van der Waals surface area (Å²) in [5.41, 5.74) is 3.48. The lowest BCUT2D eigenvalue weighted by atomic mass is 9.32. The van der Waals surface area contributed by atoms with Crippen LogP contribution >= 0.6 is 0 Å². The Kier molecular flexibility index (Phi) is 7.58. The molecule has 0 aromatic heterocycles. The summed E-state index contributed by atoms with van der Waals surface area (Å²) < 4.78 is 5.94. The third-order valence-electron chi connectivity index (χ3n) is 15.2. The second-order valence-electron chi connectivity index (χ2n) is 17.9. The van der Waals surface area contributed by atoms with Gasteiger partial charge in [-0.15, -0.1) is 0 Å². The van der Waals surface area contributed by atoms with E-state index in [1.54, 1.807) is 5.57 Å². The Morgan fingerprint density at radius 3 is 2.24 bits per heavy atom. The van der Waals surface area contributed by atoms with Gasteiger partial charge in [-0.3, -0.25) is 4.79 Å². The van der Waals surface area contributed by atoms with E-state index in [1.807, 2.05) is 0 Å². The van der Waals surface area contributed by atoms with Crippen LogP contribution in [-0.4, -0.2) is 24.5 Å². The predicted octanol–water partition coefficient (Wildman–Crippen LogP) is 9.66. The van der Waals surface area contributed by atoms with Crippen molar-refractivity contribution in [2.24, 2.45) is 56.7 Å². The Bertz CT molecular complexity index is 1130. The van der Waals surface area contributed by atoms with Crippen molar-refractivity contribution in [3.8, 4) is 0 Å². The maximum atomic E-state index is 13.4. The molecule has 6 aliphatic rings. The second-order valence-corrected chi connectivity index (χ2v) is 17.9. The van der Waals surface area contributed by atoms with Crippen LogP contribution in [0.5, 0.6) is 0 Å². The highest BCUT2D eigenvalue weighted by Crippen LogP contribution is 2.76. The maximum absolute atomic E-state index is 13.4. The van der Waals surface area contributed by atoms with Gasteiger partial charge in [0, 0.05) is 12.5 Å². The van der Waals surface area contributed by atoms with Crippen LogP contribution in [0.25, 0.3) is 0 Å². The van der Waals surface area contributed by atoms with Gasteiger partial charge >= 0.3 is 6.09 Å². The molecule has 0 aliphatic heterocycles. The highest BCUT2D eigenvalue weighted by atomic mass is 16.5. The summed E-state index contributed by atoms with van der Waals surface area (Å²) in [4.78, 5) is 26.8. The Hall–Kier alpha value is -1.32. The van der Waals surface area contributed by atoms with Crippen LogP contribution in [0, 0.1) is 56.7 Å². The normalized spacial score (nSPS) is 45.1. The number of carbonyl (C=O) groups excluding carboxylic acids is 2. The minimum absolute atomic E-state index is 0.0358. The molecule has 1 unspecified atom stereocenters. The van der Waals surface area contributed by atoms with E-state index in [-0.39, 0.29) is 39.2 Å². The number of amides is 1. The Labute approximate surface area is 257 Å². The number of carbonyl (C=O) groups is 2. The fraction of sp³-hybridized carbons (Fsp3) is 0.895. The molecule has 42 heavy (non-hydrogen) atoms. The van der Waals surface area contributed by atoms with E-state index in [2.05, 4.69) is 60.7 Å². The largest absolute Gasteiger partial charge is 0.449 e. The lowest BCUT2D eigenvalue weighted by Crippen LogP contribution is -2.69. The van der Waals surface area contributed by atoms with Gasteiger partial charge in [-0.25, -0.2) is 4.79 Å². The fourth-order valence-electron chi connectivity index (χ4n) is 12.8. The van der Waals surface area contributed by atoms with Gasteiger partial charge in [-0.05, 0) is 126 Å². The molecule has 0 aromatic carbocycles. The first-order valence-corrected chi connectivity index (χ1v) is 17.9. The number of fused-ring (bicyclic) bond motifs is 7. The van der Waals surface area contributed by atoms with Gasteiger partial charge in [0.05, 0.1) is 6.61 Å². The first kappa shape index (κ1) is 30.7. The molecular weight excluding hydrogens is 518 g/mol. The number of ether oxygens (including phenoxy) is 1. The van der Waals surface area contributed by atoms with Gasteiger partial charge < -0.3 is 10.1 Å². The van der Waals surface area contributed by atoms with Crippen LogP contribution in [0.2, 0.25) is 0 Å². The molecule has 0 radical (unpaired) electrons. The summed E-state index contributed by atoms with van der Waals surface area (Å²) in [6, 6.07) is 0.159. The van der Waals surface area contributed by atoms with Crippen molar-refractivity contribution in [1.82, 2.24) is 5.32 Å². The summed E-state index contributed by atoms with van der Waals surface area (Å²) in [6.07, 6.45) is 16.3. The molecule has 6 aliphatic carbocycles. The summed E-state index contributed by atoms with van der Waals surface area (Å²) in [5, 5.41) is 3.53. The van der Waals surface area contributed by atoms with Crippen LogP contribution < -0.4 is 5.32 Å². The molecule has 4 heteroatoms. The van der Waals surface area contributed by atoms with Crippen LogP contribution in [-0.2, 0) is 9.53 Å². The van der Waals surface area contributed by atoms with Crippen LogP contribution in [0.4, 0.5) is 4.79 Å². The van der Waals surface area contributed by atoms with Crippen molar-refractivity contribution < 1.29 is 14.3 Å². The van der Waals surface area contributed by atoms with Gasteiger partial charge in [-0.2, -0.15) is 0 Å². The van der Waals surface area contributed by atoms with E-state index >= 15 is 0 Å². The number of rotatable bonds is 4. The van der Waals surface area contributed by atoms with E-state index in [1.165, 1.54) is 69.8 Å². The van der Waals surface area contributed by atoms with Gasteiger partial charge in [0.15, 0.2) is 5.78 Å². The third-order valence-corrected chi connectivity index (χ3v) is 15.2. The number of ketones is 1. The highest BCUT2D eigenvalue weighted by Gasteiger charge is 2.70. The molecule has 4 nitrogen and oxygen atoms in total. The number of nitrogens with one attached hydrogen (secondary N) is 1. The number of alkyl carbamates (subject to hydrolysis) is 1. The van der Waals surface area contributed by atoms with E-state index in [0.29, 0.717) is 42.0 Å². The molecule has 0 spiro atoms. The van der Waals surface area contributed by atoms with Gasteiger partial charge in [0.25, 0.3) is 0 Å². The average Bonchev–Trinajstić information content (AvgIpc) is 3.20. The van der Waals surface area contributed by atoms with E-state index in [4.69, 9.17) is 4.74 Å². The quantitative estimate of drug-likeness (QED) is 0.361. The average molecular weight is 580 g/mol. The zero-order chi connectivity index (χ0) is 30.3. The van der Waals surface area contributed by atoms with Crippen molar-refractivity contribution in [1.29, 1.82) is 0 Å². The van der Waals surface area contributed by atoms with Gasteiger partial charge in [0.1, 0.15) is 0 Å². The Morgan fingerprint density at radius 2 is 1.55 bits per heavy atom. The first-order chi connectivity index (χ1) is 19.7. The van der Waals surface area contributed by atoms with Crippen molar-refractivity contribution in [3.63, 3.8) is 0 Å². The van der Waals surface area contributed by atoms with Crippen LogP contribution in [0.1, 0.15) is 145 Å². The summed E-state index contributed by atoms with van der Waals surface area (Å²) >= 11 is 0. The van der Waals surface area contributed by atoms with Crippen LogP contribution in [0.3, 0.4) is 0 Å². The molecule has 0 aromatic rings. The predicted molar refractivity (Wildman–Crippen MR) is 170 cm³/mol. The molecule has 0 saturated heterocycles. The minimum atomic E-state index is -0.179. The van der Waals surface area contributed by atoms with Crippen molar-refractivity contribution in [2.75, 3.05) is 6.61 Å².